The first kappa shape index (κ1) is 9.28. The predicted octanol–water partition coefficient (Wildman–Crippen LogP) is 3.72. The summed E-state index contributed by atoms with van der Waals surface area (Å²) in [5.74, 6) is 1.73. The van der Waals surface area contributed by atoms with Gasteiger partial charge in [-0.05, 0) is 46.8 Å². The van der Waals surface area contributed by atoms with Gasteiger partial charge in [0, 0.05) is 23.2 Å². The van der Waals surface area contributed by atoms with E-state index in [-0.39, 0.29) is 0 Å². The van der Waals surface area contributed by atoms with Crippen LogP contribution in [0.15, 0.2) is 28.9 Å². The number of rotatable bonds is 3. The van der Waals surface area contributed by atoms with Gasteiger partial charge < -0.3 is 9.72 Å². The Morgan fingerprint density at radius 2 is 2.27 bits per heavy atom. The van der Waals surface area contributed by atoms with Crippen molar-refractivity contribution in [1.29, 1.82) is 0 Å². The van der Waals surface area contributed by atoms with Crippen molar-refractivity contribution in [3.05, 3.63) is 28.9 Å². The normalized spacial score (nSPS) is 15.8. The van der Waals surface area contributed by atoms with Gasteiger partial charge in [0.2, 0.25) is 0 Å². The Morgan fingerprint density at radius 3 is 3.07 bits per heavy atom. The number of benzene rings is 1. The lowest BCUT2D eigenvalue weighted by molar-refractivity contribution is 0.298. The Bertz CT molecular complexity index is 487. The third-order valence-corrected chi connectivity index (χ3v) is 3.40. The molecule has 1 N–H and O–H groups in total. The molecule has 3 rings (SSSR count). The van der Waals surface area contributed by atoms with E-state index in [1.54, 1.807) is 0 Å². The minimum Gasteiger partial charge on any atom is -0.492 e. The molecular formula is C12H12BrNO. The molecule has 1 saturated carbocycles. The summed E-state index contributed by atoms with van der Waals surface area (Å²) in [5, 5.41) is 1.21. The smallest absolute Gasteiger partial charge is 0.135 e. The number of halogens is 1. The van der Waals surface area contributed by atoms with Crippen LogP contribution < -0.4 is 4.74 Å². The maximum absolute atomic E-state index is 5.77. The minimum absolute atomic E-state index is 0.788. The van der Waals surface area contributed by atoms with E-state index in [4.69, 9.17) is 4.74 Å². The van der Waals surface area contributed by atoms with Crippen molar-refractivity contribution in [1.82, 2.24) is 4.98 Å². The second-order valence-electron chi connectivity index (χ2n) is 4.10. The van der Waals surface area contributed by atoms with Crippen molar-refractivity contribution in [3.8, 4) is 5.75 Å². The van der Waals surface area contributed by atoms with Crippen molar-refractivity contribution in [2.45, 2.75) is 12.8 Å². The third-order valence-electron chi connectivity index (χ3n) is 2.78. The van der Waals surface area contributed by atoms with E-state index < -0.39 is 0 Å². The van der Waals surface area contributed by atoms with Crippen molar-refractivity contribution in [2.75, 3.05) is 6.61 Å². The van der Waals surface area contributed by atoms with Crippen molar-refractivity contribution in [3.63, 3.8) is 0 Å². The molecule has 2 aromatic rings. The second kappa shape index (κ2) is 3.56. The highest BCUT2D eigenvalue weighted by Gasteiger charge is 2.22. The summed E-state index contributed by atoms with van der Waals surface area (Å²) in [6.45, 7) is 0.852. The summed E-state index contributed by atoms with van der Waals surface area (Å²) in [6.07, 6.45) is 4.59. The number of nitrogens with one attached hydrogen (secondary N) is 1. The first-order valence-electron chi connectivity index (χ1n) is 5.22. The van der Waals surface area contributed by atoms with Gasteiger partial charge in [0.1, 0.15) is 5.75 Å². The average Bonchev–Trinajstić information content (AvgIpc) is 2.94. The molecule has 0 saturated heterocycles. The quantitative estimate of drug-likeness (QED) is 0.899. The van der Waals surface area contributed by atoms with E-state index in [0.29, 0.717) is 0 Å². The van der Waals surface area contributed by atoms with Crippen LogP contribution in [0, 0.1) is 5.92 Å². The number of fused-ring (bicyclic) bond motifs is 1. The lowest BCUT2D eigenvalue weighted by Crippen LogP contribution is -1.99. The molecule has 1 aromatic carbocycles. The molecule has 0 spiro atoms. The molecular weight excluding hydrogens is 254 g/mol. The zero-order valence-corrected chi connectivity index (χ0v) is 9.88. The van der Waals surface area contributed by atoms with Gasteiger partial charge in [-0.2, -0.15) is 0 Å². The minimum atomic E-state index is 0.788. The molecule has 0 bridgehead atoms. The fraction of sp³-hybridized carbons (Fsp3) is 0.333. The Morgan fingerprint density at radius 1 is 1.40 bits per heavy atom. The van der Waals surface area contributed by atoms with E-state index in [1.807, 2.05) is 6.20 Å². The maximum Gasteiger partial charge on any atom is 0.135 e. The molecule has 0 aliphatic heterocycles. The Hall–Kier alpha value is -0.960. The van der Waals surface area contributed by atoms with E-state index in [0.717, 1.165) is 28.3 Å². The Kier molecular flexibility index (Phi) is 2.20. The summed E-state index contributed by atoms with van der Waals surface area (Å²) in [7, 11) is 0. The molecule has 1 aromatic heterocycles. The number of aromatic nitrogens is 1. The molecule has 2 nitrogen and oxygen atoms in total. The first-order chi connectivity index (χ1) is 7.33. The highest BCUT2D eigenvalue weighted by Crippen LogP contribution is 2.33. The molecule has 1 aliphatic rings. The van der Waals surface area contributed by atoms with Crippen LogP contribution in [0.5, 0.6) is 5.75 Å². The molecule has 0 atom stereocenters. The average molecular weight is 266 g/mol. The summed E-state index contributed by atoms with van der Waals surface area (Å²) < 4.78 is 6.81. The molecule has 0 unspecified atom stereocenters. The van der Waals surface area contributed by atoms with Crippen molar-refractivity contribution >= 4 is 26.8 Å². The molecule has 3 heteroatoms. The summed E-state index contributed by atoms with van der Waals surface area (Å²) in [4.78, 5) is 3.19. The summed E-state index contributed by atoms with van der Waals surface area (Å²) in [5.41, 5.74) is 1.13. The van der Waals surface area contributed by atoms with Crippen LogP contribution in [0.25, 0.3) is 10.9 Å². The van der Waals surface area contributed by atoms with Gasteiger partial charge in [-0.3, -0.25) is 0 Å². The number of ether oxygens (including phenoxy) is 1. The SMILES string of the molecule is Brc1cc2cc[nH]c2cc1OCC1CC1. The lowest BCUT2D eigenvalue weighted by Gasteiger charge is -2.07. The van der Waals surface area contributed by atoms with E-state index in [1.165, 1.54) is 18.2 Å². The van der Waals surface area contributed by atoms with Gasteiger partial charge >= 0.3 is 0 Å². The maximum atomic E-state index is 5.77. The molecule has 78 valence electrons. The van der Waals surface area contributed by atoms with Crippen LogP contribution >= 0.6 is 15.9 Å². The van der Waals surface area contributed by atoms with Crippen LogP contribution in [0.1, 0.15) is 12.8 Å². The van der Waals surface area contributed by atoms with Gasteiger partial charge in [-0.1, -0.05) is 0 Å². The summed E-state index contributed by atoms with van der Waals surface area (Å²) >= 11 is 3.53. The van der Waals surface area contributed by atoms with Gasteiger partial charge in [0.25, 0.3) is 0 Å². The monoisotopic (exact) mass is 265 g/mol. The number of hydrogen-bond donors (Lipinski definition) is 1. The van der Waals surface area contributed by atoms with E-state index in [9.17, 15) is 0 Å². The molecule has 0 amide bonds. The third kappa shape index (κ3) is 1.88. The van der Waals surface area contributed by atoms with Gasteiger partial charge in [-0.15, -0.1) is 0 Å². The van der Waals surface area contributed by atoms with Gasteiger partial charge in [-0.25, -0.2) is 0 Å². The van der Waals surface area contributed by atoms with Gasteiger partial charge in [0.05, 0.1) is 11.1 Å². The second-order valence-corrected chi connectivity index (χ2v) is 4.96. The van der Waals surface area contributed by atoms with E-state index >= 15 is 0 Å². The molecule has 1 aliphatic carbocycles. The zero-order valence-electron chi connectivity index (χ0n) is 8.29. The lowest BCUT2D eigenvalue weighted by atomic mass is 10.2. The first-order valence-corrected chi connectivity index (χ1v) is 6.01. The van der Waals surface area contributed by atoms with Gasteiger partial charge in [0.15, 0.2) is 0 Å². The number of aromatic amines is 1. The fourth-order valence-electron chi connectivity index (χ4n) is 1.66. The molecule has 15 heavy (non-hydrogen) atoms. The van der Waals surface area contributed by atoms with Crippen LogP contribution in [0.4, 0.5) is 0 Å². The fourth-order valence-corrected chi connectivity index (χ4v) is 2.13. The predicted molar refractivity (Wildman–Crippen MR) is 64.2 cm³/mol. The highest BCUT2D eigenvalue weighted by molar-refractivity contribution is 9.10. The topological polar surface area (TPSA) is 25.0 Å². The molecule has 1 heterocycles. The molecule has 1 fully saturated rings. The summed E-state index contributed by atoms with van der Waals surface area (Å²) in [6, 6.07) is 6.21. The molecule has 0 radical (unpaired) electrons. The van der Waals surface area contributed by atoms with Crippen LogP contribution in [0.2, 0.25) is 0 Å². The number of H-pyrrole nitrogens is 1. The van der Waals surface area contributed by atoms with Crippen LogP contribution in [-0.4, -0.2) is 11.6 Å². The zero-order chi connectivity index (χ0) is 10.3. The number of hydrogen-bond acceptors (Lipinski definition) is 1. The standard InChI is InChI=1S/C12H12BrNO/c13-10-5-9-3-4-14-11(9)6-12(10)15-7-8-1-2-8/h3-6,8,14H,1-2,7H2. The van der Waals surface area contributed by atoms with Crippen LogP contribution in [-0.2, 0) is 0 Å². The largest absolute Gasteiger partial charge is 0.492 e. The van der Waals surface area contributed by atoms with Crippen LogP contribution in [0.3, 0.4) is 0 Å². The Balaban J connectivity index is 1.90. The van der Waals surface area contributed by atoms with Crippen molar-refractivity contribution < 1.29 is 4.74 Å². The van der Waals surface area contributed by atoms with Crippen molar-refractivity contribution in [2.24, 2.45) is 5.92 Å². The Labute approximate surface area is 96.8 Å². The van der Waals surface area contributed by atoms with E-state index in [2.05, 4.69) is 39.1 Å². The highest BCUT2D eigenvalue weighted by atomic mass is 79.9.